The number of nitrogens with zero attached hydrogens (tertiary/aromatic N) is 1. The lowest BCUT2D eigenvalue weighted by molar-refractivity contribution is -0.144. The molecular weight excluding hydrogens is 343 g/mol. The molecule has 2 N–H and O–H groups in total. The average Bonchev–Trinajstić information content (AvgIpc) is 2.98. The third kappa shape index (κ3) is 3.86. The molecule has 0 aliphatic heterocycles. The summed E-state index contributed by atoms with van der Waals surface area (Å²) in [6, 6.07) is 4.60. The first-order chi connectivity index (χ1) is 12.1. The van der Waals surface area contributed by atoms with E-state index in [4.69, 9.17) is 0 Å². The summed E-state index contributed by atoms with van der Waals surface area (Å²) in [4.78, 5) is 18.7. The number of aromatic amines is 1. The lowest BCUT2D eigenvalue weighted by Crippen LogP contribution is -2.36. The van der Waals surface area contributed by atoms with Gasteiger partial charge in [0.15, 0.2) is 0 Å². The zero-order valence-corrected chi connectivity index (χ0v) is 15.2. The standard InChI is InChI=1S/C19H24F3N3O/c1-10(2)13-6-4-11(3)8-14(13)17(26)23-12-5-7-15-16(9-12)25-18(24-15)19(20,21)22/h5,7,9-11,13-14H,4,6,8H2,1-3H3,(H,23,26)(H,24,25)/t11-,13+,14-/m1/s1. The molecule has 3 rings (SSSR count). The molecule has 1 amide bonds. The summed E-state index contributed by atoms with van der Waals surface area (Å²) in [6.07, 6.45) is -1.51. The summed E-state index contributed by atoms with van der Waals surface area (Å²) < 4.78 is 38.3. The Bertz CT molecular complexity index is 797. The molecule has 0 saturated heterocycles. The quantitative estimate of drug-likeness (QED) is 0.780. The third-order valence-corrected chi connectivity index (χ3v) is 5.38. The molecule has 142 valence electrons. The highest BCUT2D eigenvalue weighted by molar-refractivity contribution is 5.94. The maximum Gasteiger partial charge on any atom is 0.449 e. The SMILES string of the molecule is CC(C)[C@@H]1CC[C@@H](C)C[C@H]1C(=O)Nc1ccc2[nH]c(C(F)(F)F)nc2c1. The Labute approximate surface area is 150 Å². The van der Waals surface area contributed by atoms with Crippen LogP contribution in [0, 0.1) is 23.7 Å². The number of benzene rings is 1. The van der Waals surface area contributed by atoms with Crippen LogP contribution in [-0.2, 0) is 11.0 Å². The van der Waals surface area contributed by atoms with E-state index < -0.39 is 12.0 Å². The van der Waals surface area contributed by atoms with E-state index in [1.54, 1.807) is 6.07 Å². The second-order valence-electron chi connectivity index (χ2n) is 7.74. The van der Waals surface area contributed by atoms with Crippen LogP contribution in [0.1, 0.15) is 45.9 Å². The number of halogens is 3. The molecule has 1 aliphatic carbocycles. The van der Waals surface area contributed by atoms with Crippen LogP contribution in [0.3, 0.4) is 0 Å². The van der Waals surface area contributed by atoms with Crippen LogP contribution in [-0.4, -0.2) is 15.9 Å². The van der Waals surface area contributed by atoms with E-state index in [0.717, 1.165) is 19.3 Å². The summed E-state index contributed by atoms with van der Waals surface area (Å²) in [5, 5.41) is 2.88. The van der Waals surface area contributed by atoms with Gasteiger partial charge in [-0.25, -0.2) is 4.98 Å². The van der Waals surface area contributed by atoms with Gasteiger partial charge in [-0.1, -0.05) is 27.2 Å². The van der Waals surface area contributed by atoms with Crippen LogP contribution in [0.15, 0.2) is 18.2 Å². The summed E-state index contributed by atoms with van der Waals surface area (Å²) in [5.74, 6) is 0.0972. The molecule has 26 heavy (non-hydrogen) atoms. The van der Waals surface area contributed by atoms with Gasteiger partial charge in [-0.3, -0.25) is 4.79 Å². The predicted molar refractivity (Wildman–Crippen MR) is 94.6 cm³/mol. The van der Waals surface area contributed by atoms with Gasteiger partial charge in [-0.2, -0.15) is 13.2 Å². The molecule has 1 fully saturated rings. The summed E-state index contributed by atoms with van der Waals surface area (Å²) in [5.41, 5.74) is 0.956. The Morgan fingerprint density at radius 1 is 1.31 bits per heavy atom. The number of carbonyl (C=O) groups excluding carboxylic acids is 1. The van der Waals surface area contributed by atoms with Gasteiger partial charge in [-0.05, 0) is 48.8 Å². The van der Waals surface area contributed by atoms with E-state index in [0.29, 0.717) is 29.0 Å². The van der Waals surface area contributed by atoms with Crippen LogP contribution in [0.25, 0.3) is 11.0 Å². The zero-order valence-electron chi connectivity index (χ0n) is 15.2. The largest absolute Gasteiger partial charge is 0.449 e. The highest BCUT2D eigenvalue weighted by atomic mass is 19.4. The first-order valence-corrected chi connectivity index (χ1v) is 9.03. The number of anilines is 1. The minimum absolute atomic E-state index is 0.0545. The Balaban J connectivity index is 1.80. The topological polar surface area (TPSA) is 57.8 Å². The molecular formula is C19H24F3N3O. The number of fused-ring (bicyclic) bond motifs is 1. The number of hydrogen-bond acceptors (Lipinski definition) is 2. The van der Waals surface area contributed by atoms with Gasteiger partial charge in [0.05, 0.1) is 11.0 Å². The first kappa shape index (κ1) is 18.7. The van der Waals surface area contributed by atoms with E-state index in [1.807, 2.05) is 0 Å². The van der Waals surface area contributed by atoms with Crippen LogP contribution in [0.5, 0.6) is 0 Å². The molecule has 1 saturated carbocycles. The Morgan fingerprint density at radius 3 is 2.69 bits per heavy atom. The molecule has 2 aromatic rings. The van der Waals surface area contributed by atoms with Crippen molar-refractivity contribution in [3.63, 3.8) is 0 Å². The molecule has 1 aliphatic rings. The van der Waals surface area contributed by atoms with Crippen LogP contribution >= 0.6 is 0 Å². The van der Waals surface area contributed by atoms with E-state index in [-0.39, 0.29) is 17.3 Å². The number of aromatic nitrogens is 2. The minimum atomic E-state index is -4.52. The van der Waals surface area contributed by atoms with Crippen molar-refractivity contribution in [2.75, 3.05) is 5.32 Å². The number of H-pyrrole nitrogens is 1. The predicted octanol–water partition coefficient (Wildman–Crippen LogP) is 5.23. The number of carbonyl (C=O) groups is 1. The second-order valence-corrected chi connectivity index (χ2v) is 7.74. The van der Waals surface area contributed by atoms with Gasteiger partial charge < -0.3 is 10.3 Å². The smallest absolute Gasteiger partial charge is 0.334 e. The van der Waals surface area contributed by atoms with Gasteiger partial charge in [-0.15, -0.1) is 0 Å². The van der Waals surface area contributed by atoms with Crippen LogP contribution in [0.2, 0.25) is 0 Å². The number of hydrogen-bond donors (Lipinski definition) is 2. The second kappa shape index (κ2) is 6.93. The van der Waals surface area contributed by atoms with Crippen LogP contribution in [0.4, 0.5) is 18.9 Å². The monoisotopic (exact) mass is 367 g/mol. The zero-order chi connectivity index (χ0) is 19.1. The fourth-order valence-electron chi connectivity index (χ4n) is 3.96. The fourth-order valence-corrected chi connectivity index (χ4v) is 3.96. The maximum absolute atomic E-state index is 12.8. The molecule has 1 heterocycles. The minimum Gasteiger partial charge on any atom is -0.334 e. The van der Waals surface area contributed by atoms with Gasteiger partial charge in [0.1, 0.15) is 0 Å². The van der Waals surface area contributed by atoms with Gasteiger partial charge >= 0.3 is 6.18 Å². The lowest BCUT2D eigenvalue weighted by Gasteiger charge is -2.36. The van der Waals surface area contributed by atoms with Crippen molar-refractivity contribution in [1.82, 2.24) is 9.97 Å². The number of nitrogens with one attached hydrogen (secondary N) is 2. The van der Waals surface area contributed by atoms with E-state index in [2.05, 4.69) is 36.1 Å². The Morgan fingerprint density at radius 2 is 2.04 bits per heavy atom. The van der Waals surface area contributed by atoms with E-state index in [1.165, 1.54) is 12.1 Å². The third-order valence-electron chi connectivity index (χ3n) is 5.38. The molecule has 7 heteroatoms. The van der Waals surface area contributed by atoms with Crippen molar-refractivity contribution in [2.24, 2.45) is 23.7 Å². The van der Waals surface area contributed by atoms with Gasteiger partial charge in [0.2, 0.25) is 11.7 Å². The van der Waals surface area contributed by atoms with Gasteiger partial charge in [0, 0.05) is 11.6 Å². The number of rotatable bonds is 3. The molecule has 1 aromatic heterocycles. The van der Waals surface area contributed by atoms with E-state index in [9.17, 15) is 18.0 Å². The molecule has 4 nitrogen and oxygen atoms in total. The van der Waals surface area contributed by atoms with Crippen molar-refractivity contribution in [1.29, 1.82) is 0 Å². The van der Waals surface area contributed by atoms with Crippen LogP contribution < -0.4 is 5.32 Å². The normalized spacial score (nSPS) is 24.2. The highest BCUT2D eigenvalue weighted by Gasteiger charge is 2.36. The highest BCUT2D eigenvalue weighted by Crippen LogP contribution is 2.38. The number of imidazole rings is 1. The van der Waals surface area contributed by atoms with Crippen molar-refractivity contribution in [3.8, 4) is 0 Å². The first-order valence-electron chi connectivity index (χ1n) is 9.03. The molecule has 0 unspecified atom stereocenters. The lowest BCUT2D eigenvalue weighted by atomic mass is 9.70. The van der Waals surface area contributed by atoms with Gasteiger partial charge in [0.25, 0.3) is 0 Å². The summed E-state index contributed by atoms with van der Waals surface area (Å²) in [7, 11) is 0. The van der Waals surface area contributed by atoms with Crippen molar-refractivity contribution < 1.29 is 18.0 Å². The Kier molecular flexibility index (Phi) is 4.99. The maximum atomic E-state index is 12.8. The summed E-state index contributed by atoms with van der Waals surface area (Å²) in [6.45, 7) is 6.43. The fraction of sp³-hybridized carbons (Fsp3) is 0.579. The molecule has 0 spiro atoms. The van der Waals surface area contributed by atoms with Crippen molar-refractivity contribution >= 4 is 22.6 Å². The van der Waals surface area contributed by atoms with Crippen molar-refractivity contribution in [3.05, 3.63) is 24.0 Å². The molecule has 1 aromatic carbocycles. The average molecular weight is 367 g/mol. The van der Waals surface area contributed by atoms with E-state index >= 15 is 0 Å². The molecule has 0 radical (unpaired) electrons. The molecule has 0 bridgehead atoms. The Hall–Kier alpha value is -2.05. The number of alkyl halides is 3. The molecule has 3 atom stereocenters. The van der Waals surface area contributed by atoms with Crippen molar-refractivity contribution in [2.45, 2.75) is 46.2 Å². The number of amides is 1. The summed E-state index contributed by atoms with van der Waals surface area (Å²) >= 11 is 0.